The standard InChI is InChI=1S/C34H34FN5O5S/c1-3-45-34(44)29-27(37-31(32-36-14-16-46-32)38-30(29)24-5-4-6-26(35)20(24)2)19-39-15-13-25-22(17-39)18-40(33(25)43)23-10-7-21(8-11-23)9-12-28(41)42/h4-12,14,16,22,25,30H,3,13,15,17-19H2,1-2H3,(H,37,38)(H,41,42)/b12-9+/t22-,25-,30?/m1/s1. The van der Waals surface area contributed by atoms with Gasteiger partial charge in [0.1, 0.15) is 11.9 Å². The molecule has 46 heavy (non-hydrogen) atoms. The number of amides is 1. The zero-order valence-corrected chi connectivity index (χ0v) is 26.3. The maximum Gasteiger partial charge on any atom is 0.338 e. The average Bonchev–Trinajstić information content (AvgIpc) is 3.70. The predicted octanol–water partition coefficient (Wildman–Crippen LogP) is 4.58. The quantitative estimate of drug-likeness (QED) is 0.257. The fourth-order valence-electron chi connectivity index (χ4n) is 6.44. The third-order valence-electron chi connectivity index (χ3n) is 8.68. The number of nitrogens with one attached hydrogen (secondary N) is 1. The van der Waals surface area contributed by atoms with E-state index in [1.165, 1.54) is 23.5 Å². The van der Waals surface area contributed by atoms with Crippen LogP contribution in [0, 0.1) is 24.6 Å². The first-order valence-corrected chi connectivity index (χ1v) is 16.1. The fourth-order valence-corrected chi connectivity index (χ4v) is 7.03. The molecule has 0 saturated carbocycles. The molecule has 6 rings (SSSR count). The van der Waals surface area contributed by atoms with Gasteiger partial charge in [0.05, 0.1) is 12.2 Å². The molecular formula is C34H34FN5O5S. The first kappa shape index (κ1) is 31.3. The Hall–Kier alpha value is -4.68. The number of likely N-dealkylation sites (tertiary alicyclic amines) is 1. The second-order valence-corrected chi connectivity index (χ2v) is 12.4. The number of hydrogen-bond donors (Lipinski definition) is 2. The van der Waals surface area contributed by atoms with E-state index in [9.17, 15) is 18.8 Å². The van der Waals surface area contributed by atoms with Crippen LogP contribution in [0.25, 0.3) is 6.08 Å². The summed E-state index contributed by atoms with van der Waals surface area (Å²) >= 11 is 1.41. The number of aliphatic carboxylic acids is 1. The third kappa shape index (κ3) is 6.35. The molecule has 2 aromatic carbocycles. The Balaban J connectivity index is 1.27. The summed E-state index contributed by atoms with van der Waals surface area (Å²) in [5, 5.41) is 14.8. The average molecular weight is 644 g/mol. The summed E-state index contributed by atoms with van der Waals surface area (Å²) in [4.78, 5) is 51.2. The van der Waals surface area contributed by atoms with Crippen molar-refractivity contribution in [2.75, 3.05) is 37.7 Å². The number of halogens is 1. The van der Waals surface area contributed by atoms with Crippen molar-refractivity contribution in [2.45, 2.75) is 26.3 Å². The van der Waals surface area contributed by atoms with Gasteiger partial charge in [0, 0.05) is 60.5 Å². The fraction of sp³-hybridized carbons (Fsp3) is 0.324. The number of anilines is 1. The van der Waals surface area contributed by atoms with E-state index in [1.807, 2.05) is 22.4 Å². The molecule has 238 valence electrons. The highest BCUT2D eigenvalue weighted by Gasteiger charge is 2.44. The molecule has 0 radical (unpaired) electrons. The number of carbonyl (C=O) groups is 3. The van der Waals surface area contributed by atoms with E-state index in [-0.39, 0.29) is 30.2 Å². The van der Waals surface area contributed by atoms with Crippen LogP contribution in [-0.2, 0) is 19.1 Å². The maximum atomic E-state index is 14.8. The lowest BCUT2D eigenvalue weighted by Gasteiger charge is -2.36. The molecule has 3 atom stereocenters. The molecule has 1 amide bonds. The number of nitrogens with zero attached hydrogens (tertiary/aromatic N) is 4. The molecule has 0 bridgehead atoms. The van der Waals surface area contributed by atoms with Crippen LogP contribution in [0.4, 0.5) is 10.1 Å². The lowest BCUT2D eigenvalue weighted by atomic mass is 9.87. The van der Waals surface area contributed by atoms with E-state index < -0.39 is 18.0 Å². The molecule has 0 spiro atoms. The second-order valence-electron chi connectivity index (χ2n) is 11.5. The number of aromatic nitrogens is 1. The minimum Gasteiger partial charge on any atom is -0.478 e. The van der Waals surface area contributed by atoms with E-state index in [2.05, 4.69) is 15.2 Å². The SMILES string of the molecule is CCOC(=O)C1=C(CN2CC[C@H]3C(=O)N(c4ccc(/C=C/C(=O)O)cc4)C[C@H]3C2)NC(c2nccs2)=NC1c1cccc(F)c1C. The summed E-state index contributed by atoms with van der Waals surface area (Å²) in [5.41, 5.74) is 3.46. The molecule has 1 unspecified atom stereocenters. The summed E-state index contributed by atoms with van der Waals surface area (Å²) in [6.45, 7) is 5.83. The Morgan fingerprint density at radius 3 is 2.72 bits per heavy atom. The van der Waals surface area contributed by atoms with Crippen molar-refractivity contribution in [3.05, 3.63) is 98.9 Å². The topological polar surface area (TPSA) is 124 Å². The largest absolute Gasteiger partial charge is 0.478 e. The normalized spacial score (nSPS) is 21.7. The minimum atomic E-state index is -1.02. The predicted molar refractivity (Wildman–Crippen MR) is 173 cm³/mol. The van der Waals surface area contributed by atoms with Crippen molar-refractivity contribution >= 4 is 46.8 Å². The number of thiazole rings is 1. The third-order valence-corrected chi connectivity index (χ3v) is 9.46. The van der Waals surface area contributed by atoms with Gasteiger partial charge in [-0.05, 0) is 67.8 Å². The van der Waals surface area contributed by atoms with Crippen LogP contribution in [0.15, 0.2) is 76.4 Å². The van der Waals surface area contributed by atoms with Gasteiger partial charge in [-0.1, -0.05) is 24.3 Å². The number of fused-ring (bicyclic) bond motifs is 1. The number of carboxylic acid groups (broad SMARTS) is 1. The summed E-state index contributed by atoms with van der Waals surface area (Å²) in [5.74, 6) is -1.36. The number of ether oxygens (including phenoxy) is 1. The molecule has 3 aliphatic rings. The highest BCUT2D eigenvalue weighted by Crippen LogP contribution is 2.38. The molecule has 2 N–H and O–H groups in total. The number of benzene rings is 2. The van der Waals surface area contributed by atoms with E-state index in [0.29, 0.717) is 65.8 Å². The number of rotatable bonds is 9. The van der Waals surface area contributed by atoms with Gasteiger partial charge in [0.25, 0.3) is 0 Å². The first-order chi connectivity index (χ1) is 22.2. The molecule has 2 fully saturated rings. The van der Waals surface area contributed by atoms with E-state index >= 15 is 0 Å². The number of carbonyl (C=O) groups excluding carboxylic acids is 2. The number of hydrogen-bond acceptors (Lipinski definition) is 9. The number of carboxylic acids is 1. The summed E-state index contributed by atoms with van der Waals surface area (Å²) in [6, 6.07) is 11.3. The van der Waals surface area contributed by atoms with Crippen LogP contribution in [0.3, 0.4) is 0 Å². The van der Waals surface area contributed by atoms with Crippen molar-refractivity contribution in [1.82, 2.24) is 15.2 Å². The number of aliphatic imine (C=N–C) groups is 1. The van der Waals surface area contributed by atoms with Gasteiger partial charge < -0.3 is 20.1 Å². The number of esters is 1. The van der Waals surface area contributed by atoms with Crippen molar-refractivity contribution in [2.24, 2.45) is 16.8 Å². The number of amidine groups is 1. The Morgan fingerprint density at radius 1 is 1.20 bits per heavy atom. The van der Waals surface area contributed by atoms with Crippen LogP contribution in [0.1, 0.15) is 41.1 Å². The molecule has 2 saturated heterocycles. The first-order valence-electron chi connectivity index (χ1n) is 15.2. The molecule has 3 aliphatic heterocycles. The zero-order chi connectivity index (χ0) is 32.4. The van der Waals surface area contributed by atoms with Gasteiger partial charge in [0.2, 0.25) is 5.91 Å². The monoisotopic (exact) mass is 643 g/mol. The number of piperidine rings is 1. The van der Waals surface area contributed by atoms with Crippen molar-refractivity contribution < 1.29 is 28.6 Å². The maximum absolute atomic E-state index is 14.8. The van der Waals surface area contributed by atoms with Gasteiger partial charge >= 0.3 is 11.9 Å². The molecule has 12 heteroatoms. The van der Waals surface area contributed by atoms with Gasteiger partial charge in [0.15, 0.2) is 10.8 Å². The van der Waals surface area contributed by atoms with Crippen LogP contribution < -0.4 is 10.2 Å². The Bertz CT molecular complexity index is 1740. The van der Waals surface area contributed by atoms with Gasteiger partial charge in [-0.25, -0.2) is 19.0 Å². The van der Waals surface area contributed by atoms with Crippen molar-refractivity contribution in [1.29, 1.82) is 0 Å². The molecule has 0 aliphatic carbocycles. The lowest BCUT2D eigenvalue weighted by molar-refractivity contribution is -0.139. The van der Waals surface area contributed by atoms with E-state index in [4.69, 9.17) is 14.8 Å². The molecular weight excluding hydrogens is 609 g/mol. The molecule has 1 aromatic heterocycles. The lowest BCUT2D eigenvalue weighted by Crippen LogP contribution is -2.45. The second kappa shape index (κ2) is 13.4. The van der Waals surface area contributed by atoms with E-state index in [1.54, 1.807) is 44.3 Å². The summed E-state index contributed by atoms with van der Waals surface area (Å²) in [6.07, 6.45) is 4.95. The van der Waals surface area contributed by atoms with Gasteiger partial charge in [-0.15, -0.1) is 11.3 Å². The Morgan fingerprint density at radius 2 is 2.00 bits per heavy atom. The zero-order valence-electron chi connectivity index (χ0n) is 25.5. The Labute approximate surface area is 269 Å². The highest BCUT2D eigenvalue weighted by molar-refractivity contribution is 7.11. The van der Waals surface area contributed by atoms with Crippen LogP contribution in [0.5, 0.6) is 0 Å². The molecule has 4 heterocycles. The van der Waals surface area contributed by atoms with E-state index in [0.717, 1.165) is 17.3 Å². The van der Waals surface area contributed by atoms with Crippen LogP contribution >= 0.6 is 11.3 Å². The summed E-state index contributed by atoms with van der Waals surface area (Å²) in [7, 11) is 0. The van der Waals surface area contributed by atoms with Crippen molar-refractivity contribution in [3.8, 4) is 0 Å². The van der Waals surface area contributed by atoms with Gasteiger partial charge in [-0.2, -0.15) is 0 Å². The smallest absolute Gasteiger partial charge is 0.338 e. The minimum absolute atomic E-state index is 0.0800. The highest BCUT2D eigenvalue weighted by atomic mass is 32.1. The van der Waals surface area contributed by atoms with Crippen molar-refractivity contribution in [3.63, 3.8) is 0 Å². The molecule has 3 aromatic rings. The summed E-state index contributed by atoms with van der Waals surface area (Å²) < 4.78 is 20.3. The van der Waals surface area contributed by atoms with Gasteiger partial charge in [-0.3, -0.25) is 14.7 Å². The van der Waals surface area contributed by atoms with Crippen LogP contribution in [-0.4, -0.2) is 71.5 Å². The molecule has 10 nitrogen and oxygen atoms in total. The Kier molecular flexibility index (Phi) is 9.09. The van der Waals surface area contributed by atoms with Crippen LogP contribution in [0.2, 0.25) is 0 Å².